The van der Waals surface area contributed by atoms with E-state index in [9.17, 15) is 4.39 Å². The van der Waals surface area contributed by atoms with Crippen LogP contribution in [0, 0.1) is 5.82 Å². The zero-order chi connectivity index (χ0) is 13.4. The molecule has 3 aromatic rings. The van der Waals surface area contributed by atoms with Crippen LogP contribution in [0.25, 0.3) is 22.4 Å². The van der Waals surface area contributed by atoms with Crippen LogP contribution in [0.3, 0.4) is 0 Å². The number of fused-ring (bicyclic) bond motifs is 1. The van der Waals surface area contributed by atoms with Crippen molar-refractivity contribution in [2.45, 2.75) is 0 Å². The maximum atomic E-state index is 13.7. The van der Waals surface area contributed by atoms with Gasteiger partial charge in [0, 0.05) is 31.2 Å². The molecule has 0 N–H and O–H groups in total. The topological polar surface area (TPSA) is 55.1 Å². The molecule has 0 aliphatic rings. The third kappa shape index (κ3) is 1.91. The molecule has 0 radical (unpaired) electrons. The van der Waals surface area contributed by atoms with E-state index in [1.807, 2.05) is 14.1 Å². The Hall–Kier alpha value is -2.50. The standard InChI is InChI=1S/C13H11FN4O/c1-18(2)13-16-12(19-17-13)9-5-6-10(14)11-8(9)4-3-7-15-11/h3-7H,1-2H3. The highest BCUT2D eigenvalue weighted by Crippen LogP contribution is 2.28. The van der Waals surface area contributed by atoms with Crippen molar-refractivity contribution in [1.82, 2.24) is 15.1 Å². The summed E-state index contributed by atoms with van der Waals surface area (Å²) in [5.41, 5.74) is 0.967. The number of hydrogen-bond donors (Lipinski definition) is 0. The van der Waals surface area contributed by atoms with Gasteiger partial charge in [0.25, 0.3) is 11.8 Å². The number of halogens is 1. The maximum absolute atomic E-state index is 13.7. The van der Waals surface area contributed by atoms with Gasteiger partial charge in [0.15, 0.2) is 0 Å². The lowest BCUT2D eigenvalue weighted by Gasteiger charge is -2.03. The highest BCUT2D eigenvalue weighted by Gasteiger charge is 2.15. The zero-order valence-corrected chi connectivity index (χ0v) is 10.5. The van der Waals surface area contributed by atoms with Gasteiger partial charge in [-0.1, -0.05) is 6.07 Å². The van der Waals surface area contributed by atoms with Gasteiger partial charge < -0.3 is 9.42 Å². The normalized spacial score (nSPS) is 10.9. The third-order valence-corrected chi connectivity index (χ3v) is 2.77. The molecule has 0 saturated heterocycles. The second kappa shape index (κ2) is 4.31. The molecule has 1 aromatic carbocycles. The van der Waals surface area contributed by atoms with Crippen LogP contribution in [0.1, 0.15) is 0 Å². The molecule has 0 amide bonds. The van der Waals surface area contributed by atoms with E-state index in [0.717, 1.165) is 0 Å². The Morgan fingerprint density at radius 3 is 2.79 bits per heavy atom. The summed E-state index contributed by atoms with van der Waals surface area (Å²) in [6, 6.07) is 6.49. The average Bonchev–Trinajstić information content (AvgIpc) is 2.89. The van der Waals surface area contributed by atoms with Crippen molar-refractivity contribution in [2.75, 3.05) is 19.0 Å². The van der Waals surface area contributed by atoms with E-state index in [1.165, 1.54) is 6.07 Å². The van der Waals surface area contributed by atoms with E-state index in [4.69, 9.17) is 4.52 Å². The predicted molar refractivity (Wildman–Crippen MR) is 69.3 cm³/mol. The van der Waals surface area contributed by atoms with Crippen LogP contribution in [-0.2, 0) is 0 Å². The first-order valence-electron chi connectivity index (χ1n) is 5.71. The lowest BCUT2D eigenvalue weighted by atomic mass is 10.1. The third-order valence-electron chi connectivity index (χ3n) is 2.77. The summed E-state index contributed by atoms with van der Waals surface area (Å²) in [6.45, 7) is 0. The fraction of sp³-hybridized carbons (Fsp3) is 0.154. The fourth-order valence-corrected chi connectivity index (χ4v) is 1.83. The van der Waals surface area contributed by atoms with Crippen LogP contribution in [0.5, 0.6) is 0 Å². The van der Waals surface area contributed by atoms with E-state index in [1.54, 1.807) is 29.3 Å². The van der Waals surface area contributed by atoms with Crippen LogP contribution in [0.2, 0.25) is 0 Å². The number of nitrogens with zero attached hydrogens (tertiary/aromatic N) is 4. The number of anilines is 1. The second-order valence-electron chi connectivity index (χ2n) is 4.29. The maximum Gasteiger partial charge on any atom is 0.265 e. The van der Waals surface area contributed by atoms with Gasteiger partial charge in [-0.15, -0.1) is 0 Å². The fourth-order valence-electron chi connectivity index (χ4n) is 1.83. The van der Waals surface area contributed by atoms with Gasteiger partial charge >= 0.3 is 0 Å². The van der Waals surface area contributed by atoms with Crippen molar-refractivity contribution < 1.29 is 8.91 Å². The highest BCUT2D eigenvalue weighted by molar-refractivity contribution is 5.92. The minimum atomic E-state index is -0.369. The van der Waals surface area contributed by atoms with E-state index in [0.29, 0.717) is 28.3 Å². The quantitative estimate of drug-likeness (QED) is 0.706. The predicted octanol–water partition coefficient (Wildman–Crippen LogP) is 2.49. The summed E-state index contributed by atoms with van der Waals surface area (Å²) in [7, 11) is 3.64. The van der Waals surface area contributed by atoms with Crippen LogP contribution in [-0.4, -0.2) is 29.2 Å². The largest absolute Gasteiger partial charge is 0.344 e. The molecule has 2 aromatic heterocycles. The Kier molecular flexibility index (Phi) is 2.63. The molecule has 0 atom stereocenters. The number of benzene rings is 1. The lowest BCUT2D eigenvalue weighted by Crippen LogP contribution is -2.10. The summed E-state index contributed by atoms with van der Waals surface area (Å²) in [6.07, 6.45) is 1.55. The van der Waals surface area contributed by atoms with Crippen molar-refractivity contribution in [3.05, 3.63) is 36.3 Å². The van der Waals surface area contributed by atoms with Gasteiger partial charge in [-0.25, -0.2) is 4.39 Å². The summed E-state index contributed by atoms with van der Waals surface area (Å²) in [4.78, 5) is 10.0. The molecule has 2 heterocycles. The van der Waals surface area contributed by atoms with Crippen molar-refractivity contribution in [1.29, 1.82) is 0 Å². The lowest BCUT2D eigenvalue weighted by molar-refractivity contribution is 0.431. The molecule has 5 nitrogen and oxygen atoms in total. The van der Waals surface area contributed by atoms with Crippen molar-refractivity contribution in [3.63, 3.8) is 0 Å². The van der Waals surface area contributed by atoms with E-state index >= 15 is 0 Å². The number of pyridine rings is 1. The first-order valence-corrected chi connectivity index (χ1v) is 5.71. The minimum Gasteiger partial charge on any atom is -0.344 e. The molecule has 0 aliphatic heterocycles. The molecular formula is C13H11FN4O. The number of hydrogen-bond acceptors (Lipinski definition) is 5. The van der Waals surface area contributed by atoms with Gasteiger partial charge in [-0.2, -0.15) is 4.98 Å². The van der Waals surface area contributed by atoms with Gasteiger partial charge in [-0.05, 0) is 23.4 Å². The van der Waals surface area contributed by atoms with Gasteiger partial charge in [-0.3, -0.25) is 4.98 Å². The van der Waals surface area contributed by atoms with Gasteiger partial charge in [0.05, 0.1) is 0 Å². The molecule has 0 aliphatic carbocycles. The minimum absolute atomic E-state index is 0.296. The van der Waals surface area contributed by atoms with E-state index in [2.05, 4.69) is 15.1 Å². The molecule has 3 rings (SSSR count). The van der Waals surface area contributed by atoms with Crippen LogP contribution >= 0.6 is 0 Å². The van der Waals surface area contributed by atoms with Gasteiger partial charge in [0.1, 0.15) is 11.3 Å². The summed E-state index contributed by atoms with van der Waals surface area (Å²) < 4.78 is 18.9. The summed E-state index contributed by atoms with van der Waals surface area (Å²) in [5, 5.41) is 4.50. The summed E-state index contributed by atoms with van der Waals surface area (Å²) >= 11 is 0. The van der Waals surface area contributed by atoms with Crippen molar-refractivity contribution in [2.24, 2.45) is 0 Å². The Morgan fingerprint density at radius 1 is 1.21 bits per heavy atom. The number of aromatic nitrogens is 3. The van der Waals surface area contributed by atoms with Crippen LogP contribution < -0.4 is 4.90 Å². The second-order valence-corrected chi connectivity index (χ2v) is 4.29. The Labute approximate surface area is 108 Å². The number of rotatable bonds is 2. The molecule has 19 heavy (non-hydrogen) atoms. The molecule has 6 heteroatoms. The summed E-state index contributed by atoms with van der Waals surface area (Å²) in [5.74, 6) is 0.449. The molecule has 0 spiro atoms. The van der Waals surface area contributed by atoms with Crippen LogP contribution in [0.4, 0.5) is 10.3 Å². The van der Waals surface area contributed by atoms with Gasteiger partial charge in [0.2, 0.25) is 0 Å². The Morgan fingerprint density at radius 2 is 2.05 bits per heavy atom. The molecule has 0 unspecified atom stereocenters. The van der Waals surface area contributed by atoms with E-state index in [-0.39, 0.29) is 5.82 Å². The first-order chi connectivity index (χ1) is 9.16. The first kappa shape index (κ1) is 11.6. The zero-order valence-electron chi connectivity index (χ0n) is 10.5. The van der Waals surface area contributed by atoms with Crippen molar-refractivity contribution >= 4 is 16.9 Å². The molecule has 0 bridgehead atoms. The Bertz CT molecular complexity index is 738. The van der Waals surface area contributed by atoms with Crippen molar-refractivity contribution in [3.8, 4) is 11.5 Å². The smallest absolute Gasteiger partial charge is 0.265 e. The monoisotopic (exact) mass is 258 g/mol. The average molecular weight is 258 g/mol. The Balaban J connectivity index is 2.22. The molecular weight excluding hydrogens is 247 g/mol. The molecule has 96 valence electrons. The van der Waals surface area contributed by atoms with Crippen LogP contribution in [0.15, 0.2) is 35.0 Å². The molecule has 0 fully saturated rings. The van der Waals surface area contributed by atoms with E-state index < -0.39 is 0 Å². The highest BCUT2D eigenvalue weighted by atomic mass is 19.1. The molecule has 0 saturated carbocycles. The SMILES string of the molecule is CN(C)c1noc(-c2ccc(F)c3ncccc23)n1.